The molecule has 1 aliphatic rings. The highest BCUT2D eigenvalue weighted by Crippen LogP contribution is 2.18. The minimum absolute atomic E-state index is 0.0654. The van der Waals surface area contributed by atoms with E-state index in [1.807, 2.05) is 4.90 Å². The molecule has 22 heavy (non-hydrogen) atoms. The van der Waals surface area contributed by atoms with Crippen molar-refractivity contribution in [2.75, 3.05) is 39.5 Å². The lowest BCUT2D eigenvalue weighted by molar-refractivity contribution is 0.204. The number of hydrogen-bond acceptors (Lipinski definition) is 3. The number of carbonyl (C=O) groups excluding carboxylic acids is 1. The topological polar surface area (TPSA) is 35.6 Å². The molecule has 1 aromatic carbocycles. The van der Waals surface area contributed by atoms with Crippen LogP contribution in [0.5, 0.6) is 0 Å². The molecule has 0 bridgehead atoms. The van der Waals surface area contributed by atoms with Crippen LogP contribution < -0.4 is 5.32 Å². The molecule has 1 aliphatic heterocycles. The zero-order valence-corrected chi connectivity index (χ0v) is 14.7. The first-order valence-electron chi connectivity index (χ1n) is 7.96. The molecule has 0 saturated carbocycles. The van der Waals surface area contributed by atoms with Crippen LogP contribution in [0.25, 0.3) is 0 Å². The molecule has 2 amide bonds. The van der Waals surface area contributed by atoms with Crippen LogP contribution >= 0.6 is 11.8 Å². The minimum atomic E-state index is 0.0654. The number of thioether (sulfide) groups is 1. The second-order valence-electron chi connectivity index (χ2n) is 5.96. The van der Waals surface area contributed by atoms with Crippen LogP contribution in [0.3, 0.4) is 0 Å². The number of likely N-dealkylation sites (tertiary alicyclic amines) is 1. The summed E-state index contributed by atoms with van der Waals surface area (Å²) in [5, 5.41) is 3.03. The zero-order valence-electron chi connectivity index (χ0n) is 13.8. The van der Waals surface area contributed by atoms with E-state index in [4.69, 9.17) is 0 Å². The summed E-state index contributed by atoms with van der Waals surface area (Å²) in [6.07, 6.45) is 3.18. The molecule has 0 unspecified atom stereocenters. The summed E-state index contributed by atoms with van der Waals surface area (Å²) < 4.78 is 0. The zero-order chi connectivity index (χ0) is 15.9. The quantitative estimate of drug-likeness (QED) is 0.818. The van der Waals surface area contributed by atoms with Crippen LogP contribution in [0.2, 0.25) is 0 Å². The van der Waals surface area contributed by atoms with Crippen molar-refractivity contribution in [3.05, 3.63) is 29.8 Å². The number of carbonyl (C=O) groups is 1. The largest absolute Gasteiger partial charge is 0.334 e. The molecule has 0 aliphatic carbocycles. The number of rotatable bonds is 6. The minimum Gasteiger partial charge on any atom is -0.334 e. The fourth-order valence-electron chi connectivity index (χ4n) is 2.77. The molecule has 1 aromatic rings. The van der Waals surface area contributed by atoms with Crippen LogP contribution in [0.4, 0.5) is 4.79 Å². The Morgan fingerprint density at radius 3 is 2.77 bits per heavy atom. The van der Waals surface area contributed by atoms with E-state index in [-0.39, 0.29) is 6.03 Å². The maximum Gasteiger partial charge on any atom is 0.317 e. The first-order valence-corrected chi connectivity index (χ1v) is 9.19. The van der Waals surface area contributed by atoms with Gasteiger partial charge >= 0.3 is 6.03 Å². The van der Waals surface area contributed by atoms with Crippen molar-refractivity contribution in [1.82, 2.24) is 15.1 Å². The molecular formula is C17H27N3OS. The van der Waals surface area contributed by atoms with E-state index in [1.165, 1.54) is 4.90 Å². The first kappa shape index (κ1) is 17.2. The highest BCUT2D eigenvalue weighted by molar-refractivity contribution is 7.98. The van der Waals surface area contributed by atoms with E-state index in [2.05, 4.69) is 54.7 Å². The molecule has 1 fully saturated rings. The predicted octanol–water partition coefficient (Wildman–Crippen LogP) is 2.89. The number of nitrogens with one attached hydrogen (secondary N) is 1. The van der Waals surface area contributed by atoms with Gasteiger partial charge in [-0.1, -0.05) is 19.1 Å². The average molecular weight is 321 g/mol. The Morgan fingerprint density at radius 1 is 1.41 bits per heavy atom. The Balaban J connectivity index is 1.75. The molecule has 1 atom stereocenters. The summed E-state index contributed by atoms with van der Waals surface area (Å²) in [4.78, 5) is 17.8. The second kappa shape index (κ2) is 8.44. The molecule has 0 spiro atoms. The van der Waals surface area contributed by atoms with Gasteiger partial charge in [-0.3, -0.25) is 0 Å². The monoisotopic (exact) mass is 321 g/mol. The standard InChI is InChI=1S/C17H27N3OS/c1-4-19(2)12-15-9-10-20(13-15)17(21)18-11-14-5-7-16(22-3)8-6-14/h5-8,15H,4,9-13H2,1-3H3,(H,18,21)/t15-/m0/s1. The van der Waals surface area contributed by atoms with Crippen molar-refractivity contribution in [3.8, 4) is 0 Å². The van der Waals surface area contributed by atoms with Gasteiger partial charge in [0.25, 0.3) is 0 Å². The van der Waals surface area contributed by atoms with Crippen LogP contribution in [-0.4, -0.2) is 55.3 Å². The Labute approximate surface area is 138 Å². The van der Waals surface area contributed by atoms with Crippen LogP contribution in [-0.2, 0) is 6.54 Å². The lowest BCUT2D eigenvalue weighted by Gasteiger charge is -2.20. The molecule has 1 saturated heterocycles. The van der Waals surface area contributed by atoms with Crippen LogP contribution in [0.15, 0.2) is 29.2 Å². The Kier molecular flexibility index (Phi) is 6.58. The predicted molar refractivity (Wildman–Crippen MR) is 93.3 cm³/mol. The van der Waals surface area contributed by atoms with Crippen molar-refractivity contribution in [2.45, 2.75) is 24.8 Å². The lowest BCUT2D eigenvalue weighted by Crippen LogP contribution is -2.38. The Bertz CT molecular complexity index is 477. The normalized spacial score (nSPS) is 18.0. The van der Waals surface area contributed by atoms with E-state index in [0.29, 0.717) is 12.5 Å². The highest BCUT2D eigenvalue weighted by Gasteiger charge is 2.26. The van der Waals surface area contributed by atoms with Crippen molar-refractivity contribution < 1.29 is 4.79 Å². The summed E-state index contributed by atoms with van der Waals surface area (Å²) in [6, 6.07) is 8.41. The molecule has 5 heteroatoms. The van der Waals surface area contributed by atoms with E-state index in [0.717, 1.165) is 38.2 Å². The average Bonchev–Trinajstić information content (AvgIpc) is 3.01. The van der Waals surface area contributed by atoms with Crippen molar-refractivity contribution in [1.29, 1.82) is 0 Å². The van der Waals surface area contributed by atoms with Gasteiger partial charge in [0.05, 0.1) is 0 Å². The molecule has 1 N–H and O–H groups in total. The van der Waals surface area contributed by atoms with Gasteiger partial charge in [0.2, 0.25) is 0 Å². The van der Waals surface area contributed by atoms with Gasteiger partial charge in [-0.05, 0) is 49.9 Å². The maximum atomic E-state index is 12.2. The van der Waals surface area contributed by atoms with Crippen molar-refractivity contribution >= 4 is 17.8 Å². The van der Waals surface area contributed by atoms with Gasteiger partial charge in [0.1, 0.15) is 0 Å². The molecular weight excluding hydrogens is 294 g/mol. The lowest BCUT2D eigenvalue weighted by atomic mass is 10.1. The number of amides is 2. The Morgan fingerprint density at radius 2 is 2.14 bits per heavy atom. The maximum absolute atomic E-state index is 12.2. The third-order valence-corrected chi connectivity index (χ3v) is 5.03. The van der Waals surface area contributed by atoms with Gasteiger partial charge in [0, 0.05) is 31.1 Å². The van der Waals surface area contributed by atoms with Crippen molar-refractivity contribution in [3.63, 3.8) is 0 Å². The number of nitrogens with zero attached hydrogens (tertiary/aromatic N) is 2. The first-order chi connectivity index (χ1) is 10.6. The van der Waals surface area contributed by atoms with E-state index < -0.39 is 0 Å². The van der Waals surface area contributed by atoms with Crippen LogP contribution in [0, 0.1) is 5.92 Å². The molecule has 4 nitrogen and oxygen atoms in total. The fraction of sp³-hybridized carbons (Fsp3) is 0.588. The number of hydrogen-bond donors (Lipinski definition) is 1. The molecule has 122 valence electrons. The van der Waals surface area contributed by atoms with Crippen molar-refractivity contribution in [2.24, 2.45) is 5.92 Å². The molecule has 0 radical (unpaired) electrons. The Hall–Kier alpha value is -1.20. The highest BCUT2D eigenvalue weighted by atomic mass is 32.2. The summed E-state index contributed by atoms with van der Waals surface area (Å²) >= 11 is 1.73. The van der Waals surface area contributed by atoms with Gasteiger partial charge in [-0.25, -0.2) is 4.79 Å². The van der Waals surface area contributed by atoms with Gasteiger partial charge < -0.3 is 15.1 Å². The van der Waals surface area contributed by atoms with Gasteiger partial charge in [-0.2, -0.15) is 0 Å². The molecule has 2 rings (SSSR count). The van der Waals surface area contributed by atoms with E-state index in [9.17, 15) is 4.79 Å². The second-order valence-corrected chi connectivity index (χ2v) is 6.84. The molecule has 0 aromatic heterocycles. The third-order valence-electron chi connectivity index (χ3n) is 4.29. The fourth-order valence-corrected chi connectivity index (χ4v) is 3.18. The van der Waals surface area contributed by atoms with E-state index >= 15 is 0 Å². The summed E-state index contributed by atoms with van der Waals surface area (Å²) in [5.74, 6) is 0.608. The molecule has 1 heterocycles. The summed E-state index contributed by atoms with van der Waals surface area (Å²) in [5.41, 5.74) is 1.15. The number of urea groups is 1. The summed E-state index contributed by atoms with van der Waals surface area (Å²) in [7, 11) is 2.14. The van der Waals surface area contributed by atoms with E-state index in [1.54, 1.807) is 11.8 Å². The third kappa shape index (κ3) is 4.92. The number of benzene rings is 1. The van der Waals surface area contributed by atoms with Gasteiger partial charge in [0.15, 0.2) is 0 Å². The SMILES string of the molecule is CCN(C)C[C@@H]1CCN(C(=O)NCc2ccc(SC)cc2)C1. The smallest absolute Gasteiger partial charge is 0.317 e. The summed E-state index contributed by atoms with van der Waals surface area (Å²) in [6.45, 7) is 6.66. The van der Waals surface area contributed by atoms with Gasteiger partial charge in [-0.15, -0.1) is 11.8 Å². The van der Waals surface area contributed by atoms with Crippen LogP contribution in [0.1, 0.15) is 18.9 Å².